The van der Waals surface area contributed by atoms with Crippen LogP contribution in [0.2, 0.25) is 19.1 Å². The molecule has 0 amide bonds. The molecule has 3 N–H and O–H groups in total. The van der Waals surface area contributed by atoms with E-state index in [1.54, 1.807) is 0 Å². The van der Waals surface area contributed by atoms with E-state index in [9.17, 15) is 4.79 Å². The molecule has 0 aliphatic rings. The summed E-state index contributed by atoms with van der Waals surface area (Å²) in [5.41, 5.74) is 7.32. The molecular weight excluding hydrogens is 270 g/mol. The van der Waals surface area contributed by atoms with Crippen molar-refractivity contribution < 1.29 is 14.6 Å². The Morgan fingerprint density at radius 1 is 1.40 bits per heavy atom. The molecule has 1 atom stereocenters. The van der Waals surface area contributed by atoms with E-state index in [4.69, 9.17) is 15.6 Å². The van der Waals surface area contributed by atoms with Crippen molar-refractivity contribution in [2.24, 2.45) is 5.73 Å². The van der Waals surface area contributed by atoms with Crippen molar-refractivity contribution in [1.29, 1.82) is 0 Å². The lowest BCUT2D eigenvalue weighted by molar-refractivity contribution is -0.138. The highest BCUT2D eigenvalue weighted by Crippen LogP contribution is 2.16. The van der Waals surface area contributed by atoms with Crippen molar-refractivity contribution in [3.8, 4) is 0 Å². The van der Waals surface area contributed by atoms with E-state index in [1.807, 2.05) is 24.3 Å². The van der Waals surface area contributed by atoms with Crippen LogP contribution in [0, 0.1) is 0 Å². The van der Waals surface area contributed by atoms with Crippen molar-refractivity contribution in [3.05, 3.63) is 42.0 Å². The second-order valence-electron chi connectivity index (χ2n) is 5.30. The standard InChI is InChI=1S/C15H23NO3Si/c1-11(19-8-9-20(2)3)13-6-4-12(5-7-13)10-14(16)15(17)18/h4-7,14,20H,1,8-10,16H2,2-3H3,(H,17,18)/t14-/m0/s1. The molecule has 0 aliphatic carbocycles. The van der Waals surface area contributed by atoms with Crippen LogP contribution in [0.15, 0.2) is 30.8 Å². The highest BCUT2D eigenvalue weighted by molar-refractivity contribution is 6.55. The maximum Gasteiger partial charge on any atom is 0.320 e. The monoisotopic (exact) mass is 293 g/mol. The van der Waals surface area contributed by atoms with Gasteiger partial charge in [0.15, 0.2) is 0 Å². The number of aliphatic carboxylic acids is 1. The number of ether oxygens (including phenoxy) is 1. The predicted octanol–water partition coefficient (Wildman–Crippen LogP) is 2.12. The molecule has 0 heterocycles. The highest BCUT2D eigenvalue weighted by atomic mass is 28.3. The molecule has 1 aromatic carbocycles. The van der Waals surface area contributed by atoms with Gasteiger partial charge in [0.05, 0.1) is 6.61 Å². The molecule has 20 heavy (non-hydrogen) atoms. The van der Waals surface area contributed by atoms with Gasteiger partial charge >= 0.3 is 5.97 Å². The first-order chi connectivity index (χ1) is 9.40. The van der Waals surface area contributed by atoms with E-state index in [2.05, 4.69) is 19.7 Å². The van der Waals surface area contributed by atoms with E-state index in [1.165, 1.54) is 0 Å². The maximum atomic E-state index is 10.7. The number of rotatable bonds is 8. The molecule has 0 bridgehead atoms. The van der Waals surface area contributed by atoms with Crippen LogP contribution in [-0.2, 0) is 16.0 Å². The lowest BCUT2D eigenvalue weighted by Crippen LogP contribution is -2.32. The third kappa shape index (κ3) is 5.58. The molecule has 0 saturated heterocycles. The molecule has 0 radical (unpaired) electrons. The number of nitrogens with two attached hydrogens (primary N) is 1. The second-order valence-corrected chi connectivity index (χ2v) is 8.66. The summed E-state index contributed by atoms with van der Waals surface area (Å²) in [7, 11) is -0.593. The van der Waals surface area contributed by atoms with Gasteiger partial charge in [-0.15, -0.1) is 0 Å². The molecular formula is C15H23NO3Si. The normalized spacial score (nSPS) is 12.2. The molecule has 0 aromatic heterocycles. The van der Waals surface area contributed by atoms with Gasteiger partial charge in [0, 0.05) is 14.4 Å². The highest BCUT2D eigenvalue weighted by Gasteiger charge is 2.12. The number of carboxylic acid groups (broad SMARTS) is 1. The van der Waals surface area contributed by atoms with Crippen LogP contribution in [0.4, 0.5) is 0 Å². The number of carbonyl (C=O) groups is 1. The van der Waals surface area contributed by atoms with Crippen LogP contribution in [0.5, 0.6) is 0 Å². The fourth-order valence-corrected chi connectivity index (χ4v) is 2.26. The van der Waals surface area contributed by atoms with Crippen LogP contribution in [0.25, 0.3) is 5.76 Å². The lowest BCUT2D eigenvalue weighted by Gasteiger charge is -2.11. The fourth-order valence-electron chi connectivity index (χ4n) is 1.67. The Bertz CT molecular complexity index is 457. The Morgan fingerprint density at radius 3 is 2.50 bits per heavy atom. The smallest absolute Gasteiger partial charge is 0.320 e. The van der Waals surface area contributed by atoms with Gasteiger partial charge < -0.3 is 15.6 Å². The first-order valence-electron chi connectivity index (χ1n) is 6.79. The summed E-state index contributed by atoms with van der Waals surface area (Å²) in [5, 5.41) is 8.77. The average Bonchev–Trinajstić information content (AvgIpc) is 2.38. The second kappa shape index (κ2) is 7.87. The van der Waals surface area contributed by atoms with Crippen LogP contribution < -0.4 is 5.73 Å². The minimum atomic E-state index is -0.986. The van der Waals surface area contributed by atoms with Crippen molar-refractivity contribution in [3.63, 3.8) is 0 Å². The molecule has 110 valence electrons. The summed E-state index contributed by atoms with van der Waals surface area (Å²) in [6.45, 7) is 9.20. The van der Waals surface area contributed by atoms with E-state index in [0.717, 1.165) is 17.2 Å². The van der Waals surface area contributed by atoms with Gasteiger partial charge in [0.1, 0.15) is 11.8 Å². The first-order valence-corrected chi connectivity index (χ1v) is 9.92. The topological polar surface area (TPSA) is 72.5 Å². The van der Waals surface area contributed by atoms with Crippen LogP contribution >= 0.6 is 0 Å². The van der Waals surface area contributed by atoms with Gasteiger partial charge in [-0.3, -0.25) is 4.79 Å². The largest absolute Gasteiger partial charge is 0.494 e. The Hall–Kier alpha value is -1.59. The number of hydrogen-bond acceptors (Lipinski definition) is 3. The molecule has 0 spiro atoms. The van der Waals surface area contributed by atoms with E-state index in [0.29, 0.717) is 18.8 Å². The summed E-state index contributed by atoms with van der Waals surface area (Å²) in [5.74, 6) is -0.326. The predicted molar refractivity (Wildman–Crippen MR) is 84.4 cm³/mol. The molecule has 4 nitrogen and oxygen atoms in total. The minimum Gasteiger partial charge on any atom is -0.494 e. The fraction of sp³-hybridized carbons (Fsp3) is 0.400. The van der Waals surface area contributed by atoms with Crippen molar-refractivity contribution in [2.75, 3.05) is 6.61 Å². The molecule has 0 saturated carbocycles. The zero-order valence-corrected chi connectivity index (χ0v) is 13.3. The summed E-state index contributed by atoms with van der Waals surface area (Å²) < 4.78 is 5.62. The minimum absolute atomic E-state index is 0.321. The van der Waals surface area contributed by atoms with Crippen LogP contribution in [0.1, 0.15) is 11.1 Å². The number of hydrogen-bond donors (Lipinski definition) is 2. The van der Waals surface area contributed by atoms with Gasteiger partial charge in [-0.1, -0.05) is 43.9 Å². The molecule has 1 aromatic rings. The molecule has 0 fully saturated rings. The van der Waals surface area contributed by atoms with E-state index < -0.39 is 20.8 Å². The van der Waals surface area contributed by atoms with Crippen molar-refractivity contribution in [1.82, 2.24) is 0 Å². The first kappa shape index (κ1) is 16.5. The summed E-state index contributed by atoms with van der Waals surface area (Å²) >= 11 is 0. The average molecular weight is 293 g/mol. The Balaban J connectivity index is 2.53. The Kier molecular flexibility index (Phi) is 6.47. The van der Waals surface area contributed by atoms with Gasteiger partial charge in [0.25, 0.3) is 0 Å². The zero-order chi connectivity index (χ0) is 15.1. The van der Waals surface area contributed by atoms with E-state index in [-0.39, 0.29) is 0 Å². The SMILES string of the molecule is C=C(OCC[SiH](C)C)c1ccc(C[C@H](N)C(=O)O)cc1. The third-order valence-electron chi connectivity index (χ3n) is 3.02. The number of benzene rings is 1. The molecule has 1 rings (SSSR count). The van der Waals surface area contributed by atoms with Crippen LogP contribution in [-0.4, -0.2) is 32.5 Å². The lowest BCUT2D eigenvalue weighted by atomic mass is 10.0. The Labute approximate surface area is 121 Å². The molecule has 0 unspecified atom stereocenters. The molecule has 5 heteroatoms. The van der Waals surface area contributed by atoms with Gasteiger partial charge in [0.2, 0.25) is 0 Å². The molecule has 0 aliphatic heterocycles. The van der Waals surface area contributed by atoms with Crippen LogP contribution in [0.3, 0.4) is 0 Å². The summed E-state index contributed by atoms with van der Waals surface area (Å²) in [4.78, 5) is 10.7. The van der Waals surface area contributed by atoms with Gasteiger partial charge in [-0.2, -0.15) is 0 Å². The summed E-state index contributed by atoms with van der Waals surface area (Å²) in [6.07, 6.45) is 0.321. The maximum absolute atomic E-state index is 10.7. The quantitative estimate of drug-likeness (QED) is 0.569. The van der Waals surface area contributed by atoms with Crippen molar-refractivity contribution in [2.45, 2.75) is 31.6 Å². The third-order valence-corrected chi connectivity index (χ3v) is 4.41. The number of carboxylic acids is 1. The summed E-state index contributed by atoms with van der Waals surface area (Å²) in [6, 6.07) is 7.77. The van der Waals surface area contributed by atoms with Crippen molar-refractivity contribution >= 4 is 20.5 Å². The van der Waals surface area contributed by atoms with Gasteiger partial charge in [-0.05, 0) is 18.0 Å². The van der Waals surface area contributed by atoms with Gasteiger partial charge in [-0.25, -0.2) is 0 Å². The zero-order valence-electron chi connectivity index (χ0n) is 12.1. The Morgan fingerprint density at radius 2 is 2.00 bits per heavy atom. The van der Waals surface area contributed by atoms with E-state index >= 15 is 0 Å².